The van der Waals surface area contributed by atoms with Gasteiger partial charge in [-0.1, -0.05) is 53.5 Å². The van der Waals surface area contributed by atoms with Crippen LogP contribution in [0.2, 0.25) is 10.0 Å². The van der Waals surface area contributed by atoms with Crippen molar-refractivity contribution in [3.05, 3.63) is 69.7 Å². The van der Waals surface area contributed by atoms with E-state index in [4.69, 9.17) is 23.2 Å². The van der Waals surface area contributed by atoms with Crippen LogP contribution in [-0.2, 0) is 11.2 Å². The molecule has 0 fully saturated rings. The van der Waals surface area contributed by atoms with E-state index in [1.165, 1.54) is 0 Å². The number of carbonyl (C=O) groups is 1. The largest absolute Gasteiger partial charge is 0.351 e. The van der Waals surface area contributed by atoms with Gasteiger partial charge in [0.2, 0.25) is 0 Å². The summed E-state index contributed by atoms with van der Waals surface area (Å²) < 4.78 is 0. The van der Waals surface area contributed by atoms with Gasteiger partial charge in [0.05, 0.1) is 0 Å². The number of nitrogens with two attached hydrogens (primary N) is 1. The normalized spacial score (nSPS) is 12.0. The Morgan fingerprint density at radius 1 is 1.17 bits per heavy atom. The number of quaternary nitrogens is 1. The quantitative estimate of drug-likeness (QED) is 0.791. The van der Waals surface area contributed by atoms with Crippen LogP contribution < -0.4 is 10.6 Å². The van der Waals surface area contributed by atoms with E-state index in [0.29, 0.717) is 13.1 Å². The van der Waals surface area contributed by atoms with Gasteiger partial charge >= 0.3 is 0 Å². The van der Waals surface area contributed by atoms with E-state index in [1.54, 1.807) is 0 Å². The molecule has 1 atom stereocenters. The Kier molecular flexibility index (Phi) is 6.90. The maximum Gasteiger partial charge on any atom is 0.275 e. The molecule has 1 amide bonds. The number of halogens is 2. The number of hydrogen-bond acceptors (Lipinski definition) is 1. The summed E-state index contributed by atoms with van der Waals surface area (Å²) in [4.78, 5) is 11.9. The molecule has 0 aliphatic rings. The van der Waals surface area contributed by atoms with Crippen molar-refractivity contribution < 1.29 is 10.1 Å². The van der Waals surface area contributed by atoms with Crippen molar-refractivity contribution >= 4 is 29.1 Å². The SMILES string of the molecule is C[C@H]([NH2+]CC(=O)NCCc1cccc(Cl)c1)c1ccccc1Cl. The van der Waals surface area contributed by atoms with Gasteiger partial charge in [-0.25, -0.2) is 0 Å². The van der Waals surface area contributed by atoms with Gasteiger partial charge in [0.1, 0.15) is 6.04 Å². The molecule has 0 saturated heterocycles. The second-order valence-corrected chi connectivity index (χ2v) is 6.32. The summed E-state index contributed by atoms with van der Waals surface area (Å²) in [5, 5.41) is 6.36. The van der Waals surface area contributed by atoms with Crippen molar-refractivity contribution in [2.45, 2.75) is 19.4 Å². The Morgan fingerprint density at radius 3 is 2.70 bits per heavy atom. The molecule has 3 nitrogen and oxygen atoms in total. The predicted molar refractivity (Wildman–Crippen MR) is 94.8 cm³/mol. The monoisotopic (exact) mass is 351 g/mol. The first kappa shape index (κ1) is 17.8. The second-order valence-electron chi connectivity index (χ2n) is 5.48. The predicted octanol–water partition coefficient (Wildman–Crippen LogP) is 2.98. The summed E-state index contributed by atoms with van der Waals surface area (Å²) in [6.07, 6.45) is 0.770. The zero-order valence-corrected chi connectivity index (χ0v) is 14.6. The standard InChI is InChI=1S/C18H20Cl2N2O/c1-13(16-7-2-3-8-17(16)20)22-12-18(23)21-10-9-14-5-4-6-15(19)11-14/h2-8,11,13,22H,9-10,12H2,1H3,(H,21,23)/p+1/t13-/m0/s1. The van der Waals surface area contributed by atoms with E-state index in [9.17, 15) is 4.79 Å². The molecule has 2 aromatic carbocycles. The number of benzene rings is 2. The molecule has 3 N–H and O–H groups in total. The van der Waals surface area contributed by atoms with E-state index in [-0.39, 0.29) is 11.9 Å². The van der Waals surface area contributed by atoms with Crippen molar-refractivity contribution in [1.82, 2.24) is 5.32 Å². The maximum atomic E-state index is 11.9. The summed E-state index contributed by atoms with van der Waals surface area (Å²) in [6, 6.07) is 15.5. The van der Waals surface area contributed by atoms with Crippen LogP contribution in [0.25, 0.3) is 0 Å². The van der Waals surface area contributed by atoms with Gasteiger partial charge in [0, 0.05) is 22.2 Å². The molecule has 0 aliphatic heterocycles. The zero-order chi connectivity index (χ0) is 16.7. The molecule has 0 spiro atoms. The van der Waals surface area contributed by atoms with E-state index < -0.39 is 0 Å². The van der Waals surface area contributed by atoms with Crippen molar-refractivity contribution in [3.63, 3.8) is 0 Å². The fourth-order valence-electron chi connectivity index (χ4n) is 2.37. The summed E-state index contributed by atoms with van der Waals surface area (Å²) in [5.41, 5.74) is 2.16. The van der Waals surface area contributed by atoms with Crippen LogP contribution in [0.3, 0.4) is 0 Å². The molecule has 0 radical (unpaired) electrons. The summed E-state index contributed by atoms with van der Waals surface area (Å²) in [7, 11) is 0. The van der Waals surface area contributed by atoms with Gasteiger partial charge < -0.3 is 10.6 Å². The molecule has 0 bridgehead atoms. The van der Waals surface area contributed by atoms with Gasteiger partial charge in [-0.3, -0.25) is 4.79 Å². The molecule has 2 rings (SSSR count). The average Bonchev–Trinajstić information content (AvgIpc) is 2.53. The lowest BCUT2D eigenvalue weighted by Gasteiger charge is -2.12. The highest BCUT2D eigenvalue weighted by Gasteiger charge is 2.13. The zero-order valence-electron chi connectivity index (χ0n) is 13.1. The molecule has 0 aromatic heterocycles. The van der Waals surface area contributed by atoms with Crippen molar-refractivity contribution in [2.75, 3.05) is 13.1 Å². The summed E-state index contributed by atoms with van der Waals surface area (Å²) in [5.74, 6) is 0.0194. The van der Waals surface area contributed by atoms with Crippen LogP contribution >= 0.6 is 23.2 Å². The van der Waals surface area contributed by atoms with E-state index in [0.717, 1.165) is 27.6 Å². The molecular formula is C18H21Cl2N2O+. The molecular weight excluding hydrogens is 331 g/mol. The first-order valence-corrected chi connectivity index (χ1v) is 8.41. The molecule has 0 saturated carbocycles. The Bertz CT molecular complexity index is 661. The third-order valence-corrected chi connectivity index (χ3v) is 4.26. The Hall–Kier alpha value is -1.55. The number of rotatable bonds is 7. The highest BCUT2D eigenvalue weighted by molar-refractivity contribution is 6.31. The highest BCUT2D eigenvalue weighted by Crippen LogP contribution is 2.19. The highest BCUT2D eigenvalue weighted by atomic mass is 35.5. The Balaban J connectivity index is 1.72. The first-order chi connectivity index (χ1) is 11.1. The van der Waals surface area contributed by atoms with Crippen molar-refractivity contribution in [3.8, 4) is 0 Å². The van der Waals surface area contributed by atoms with Gasteiger partial charge in [0.15, 0.2) is 6.54 Å². The lowest BCUT2D eigenvalue weighted by molar-refractivity contribution is -0.682. The van der Waals surface area contributed by atoms with Crippen LogP contribution in [0.15, 0.2) is 48.5 Å². The van der Waals surface area contributed by atoms with Crippen LogP contribution in [0, 0.1) is 0 Å². The van der Waals surface area contributed by atoms with Gasteiger partial charge in [-0.15, -0.1) is 0 Å². The molecule has 0 unspecified atom stereocenters. The first-order valence-electron chi connectivity index (χ1n) is 7.65. The minimum atomic E-state index is 0.0194. The van der Waals surface area contributed by atoms with Gasteiger partial charge in [0.25, 0.3) is 5.91 Å². The van der Waals surface area contributed by atoms with Crippen molar-refractivity contribution in [1.29, 1.82) is 0 Å². The average molecular weight is 352 g/mol. The lowest BCUT2D eigenvalue weighted by atomic mass is 10.1. The third kappa shape index (κ3) is 5.87. The number of nitrogens with one attached hydrogen (secondary N) is 1. The van der Waals surface area contributed by atoms with Crippen LogP contribution in [0.1, 0.15) is 24.1 Å². The molecule has 0 aliphatic carbocycles. The fraction of sp³-hybridized carbons (Fsp3) is 0.278. The smallest absolute Gasteiger partial charge is 0.275 e. The molecule has 0 heterocycles. The second kappa shape index (κ2) is 8.92. The van der Waals surface area contributed by atoms with Crippen molar-refractivity contribution in [2.24, 2.45) is 0 Å². The minimum absolute atomic E-state index is 0.0194. The lowest BCUT2D eigenvalue weighted by Crippen LogP contribution is -2.87. The number of amides is 1. The van der Waals surface area contributed by atoms with Crippen LogP contribution in [0.4, 0.5) is 0 Å². The number of carbonyl (C=O) groups excluding carboxylic acids is 1. The van der Waals surface area contributed by atoms with Gasteiger partial charge in [-0.05, 0) is 37.1 Å². The number of hydrogen-bond donors (Lipinski definition) is 2. The summed E-state index contributed by atoms with van der Waals surface area (Å²) in [6.45, 7) is 3.02. The van der Waals surface area contributed by atoms with Crippen LogP contribution in [-0.4, -0.2) is 19.0 Å². The Morgan fingerprint density at radius 2 is 1.96 bits per heavy atom. The van der Waals surface area contributed by atoms with E-state index >= 15 is 0 Å². The molecule has 122 valence electrons. The Labute approximate surface area is 147 Å². The minimum Gasteiger partial charge on any atom is -0.351 e. The maximum absolute atomic E-state index is 11.9. The van der Waals surface area contributed by atoms with Gasteiger partial charge in [-0.2, -0.15) is 0 Å². The summed E-state index contributed by atoms with van der Waals surface area (Å²) >= 11 is 12.1. The third-order valence-electron chi connectivity index (χ3n) is 3.68. The van der Waals surface area contributed by atoms with E-state index in [1.807, 2.05) is 60.8 Å². The van der Waals surface area contributed by atoms with E-state index in [2.05, 4.69) is 5.32 Å². The topological polar surface area (TPSA) is 45.7 Å². The molecule has 2 aromatic rings. The van der Waals surface area contributed by atoms with Crippen LogP contribution in [0.5, 0.6) is 0 Å². The fourth-order valence-corrected chi connectivity index (χ4v) is 2.89. The molecule has 23 heavy (non-hydrogen) atoms. The molecule has 5 heteroatoms.